The predicted molar refractivity (Wildman–Crippen MR) is 425 cm³/mol. The fraction of sp³-hybridized carbons (Fsp3) is 0.519. The maximum Gasteiger partial charge on any atom is 0.0860 e. The molecule has 0 amide bonds. The van der Waals surface area contributed by atoms with Crippen LogP contribution in [0, 0.1) is 6.92 Å². The number of hydrogen-bond acceptors (Lipinski definition) is 2. The van der Waals surface area contributed by atoms with E-state index >= 15 is 0 Å². The Kier molecular flexibility index (Phi) is 24.7. The van der Waals surface area contributed by atoms with Gasteiger partial charge in [-0.05, 0) is 95.1 Å². The molecule has 0 spiro atoms. The number of fused-ring (bicyclic) bond motifs is 2. The van der Waals surface area contributed by atoms with Crippen LogP contribution in [0.25, 0.3) is 21.5 Å². The van der Waals surface area contributed by atoms with Crippen molar-refractivity contribution in [3.63, 3.8) is 0 Å². The van der Waals surface area contributed by atoms with Crippen LogP contribution in [-0.4, -0.2) is 60.1 Å². The second-order valence-corrected chi connectivity index (χ2v) is 58.5. The zero-order chi connectivity index (χ0) is 64.7. The van der Waals surface area contributed by atoms with Gasteiger partial charge >= 0.3 is 0 Å². The summed E-state index contributed by atoms with van der Waals surface area (Å²) in [5, 5.41) is 17.1. The Balaban J connectivity index is 1.89. The summed E-state index contributed by atoms with van der Waals surface area (Å²) < 4.78 is 0. The van der Waals surface area contributed by atoms with E-state index in [2.05, 4.69) is 278 Å². The van der Waals surface area contributed by atoms with Crippen molar-refractivity contribution >= 4 is 152 Å². The minimum absolute atomic E-state index is 0.0818. The van der Waals surface area contributed by atoms with Crippen LogP contribution in [0.2, 0.25) is 96.7 Å². The molecule has 0 unspecified atom stereocenters. The molecule has 0 atom stereocenters. The van der Waals surface area contributed by atoms with Crippen molar-refractivity contribution < 1.29 is 0 Å². The van der Waals surface area contributed by atoms with Crippen molar-refractivity contribution in [2.45, 2.75) is 267 Å². The van der Waals surface area contributed by atoms with Gasteiger partial charge in [-0.25, -0.2) is 0 Å². The number of hydrogen-bond donors (Lipinski definition) is 0. The highest BCUT2D eigenvalue weighted by Gasteiger charge is 2.38. The molecule has 0 aliphatic heterocycles. The number of rotatable bonds is 29. The van der Waals surface area contributed by atoms with Crippen molar-refractivity contribution in [3.8, 4) is 0 Å². The standard InChI is InChI=1S/C79H124N2Si7/c1-24-82-65-48-62(49-66(55-65)83(25-2)26-3)81(64-53-70(87(34-11,35-12)36-13)57-71(54-64)88(37-14,38-15)39-16)77-73-43-41-59(78(18,19)20)46-74(73)76(72-42-40-60(47-75(72)77)79(21,22)23)80(61-44-58(17)45-69(52-61)86(31-8,32-9)33-10)63-50-67(84(27-4)28-5)56-68(51-63)85(29-6)30-7/h40-57,83-85H,24-39,82H2,1-23H3. The van der Waals surface area contributed by atoms with Gasteiger partial charge in [-0.3, -0.25) is 0 Å². The Labute approximate surface area is 550 Å². The lowest BCUT2D eigenvalue weighted by atomic mass is 9.82. The molecule has 88 heavy (non-hydrogen) atoms. The van der Waals surface area contributed by atoms with E-state index in [4.69, 9.17) is 0 Å². The number of anilines is 6. The molecule has 0 heterocycles. The maximum absolute atomic E-state index is 2.94. The van der Waals surface area contributed by atoms with Crippen molar-refractivity contribution in [1.82, 2.24) is 0 Å². The highest BCUT2D eigenvalue weighted by molar-refractivity contribution is 6.95. The van der Waals surface area contributed by atoms with Crippen LogP contribution < -0.4 is 46.1 Å². The fourth-order valence-corrected chi connectivity index (χ4v) is 36.1. The van der Waals surface area contributed by atoms with Crippen LogP contribution in [0.3, 0.4) is 0 Å². The maximum atomic E-state index is 2.94. The molecule has 9 heteroatoms. The van der Waals surface area contributed by atoms with E-state index in [1.165, 1.54) is 169 Å². The molecule has 7 aromatic rings. The van der Waals surface area contributed by atoms with Crippen molar-refractivity contribution in [3.05, 3.63) is 126 Å². The van der Waals surface area contributed by atoms with Crippen LogP contribution in [0.1, 0.15) is 169 Å². The van der Waals surface area contributed by atoms with Gasteiger partial charge in [0.1, 0.15) is 0 Å². The first-order valence-corrected chi connectivity index (χ1v) is 52.4. The molecule has 0 N–H and O–H groups in total. The normalized spacial score (nSPS) is 13.0. The van der Waals surface area contributed by atoms with Crippen LogP contribution in [0.5, 0.6) is 0 Å². The van der Waals surface area contributed by atoms with E-state index in [-0.39, 0.29) is 10.8 Å². The highest BCUT2D eigenvalue weighted by Crippen LogP contribution is 2.53. The van der Waals surface area contributed by atoms with E-state index in [0.29, 0.717) is 0 Å². The lowest BCUT2D eigenvalue weighted by Crippen LogP contribution is -2.52. The molecule has 478 valence electrons. The van der Waals surface area contributed by atoms with Crippen molar-refractivity contribution in [2.75, 3.05) is 9.80 Å². The molecule has 7 rings (SSSR count). The van der Waals surface area contributed by atoms with Crippen LogP contribution in [-0.2, 0) is 10.8 Å². The first-order valence-electron chi connectivity index (χ1n) is 36.2. The average Bonchev–Trinajstić information content (AvgIpc) is 0.767. The number of nitrogens with zero attached hydrogens (tertiary/aromatic N) is 2. The largest absolute Gasteiger partial charge is 0.309 e. The van der Waals surface area contributed by atoms with Gasteiger partial charge in [-0.2, -0.15) is 0 Å². The molecule has 0 saturated carbocycles. The monoisotopic (exact) mass is 1300 g/mol. The Morgan fingerprint density at radius 2 is 0.659 bits per heavy atom. The minimum atomic E-state index is -1.91. The molecular weight excluding hydrogens is 1170 g/mol. The summed E-state index contributed by atoms with van der Waals surface area (Å²) in [5.41, 5.74) is 12.2. The third-order valence-electron chi connectivity index (χ3n) is 23.1. The summed E-state index contributed by atoms with van der Waals surface area (Å²) in [6.45, 7) is 57.2. The summed E-state index contributed by atoms with van der Waals surface area (Å²) in [6.07, 6.45) is 0. The quantitative estimate of drug-likeness (QED) is 0.0262. The predicted octanol–water partition coefficient (Wildman–Crippen LogP) is 19.6. The fourth-order valence-electron chi connectivity index (χ4n) is 16.1. The molecule has 0 aliphatic carbocycles. The van der Waals surface area contributed by atoms with E-state index in [9.17, 15) is 0 Å². The van der Waals surface area contributed by atoms with Crippen molar-refractivity contribution in [1.29, 1.82) is 0 Å². The zero-order valence-electron chi connectivity index (χ0n) is 60.5. The second kappa shape index (κ2) is 30.3. The summed E-state index contributed by atoms with van der Waals surface area (Å²) >= 11 is 0. The van der Waals surface area contributed by atoms with Gasteiger partial charge in [0.15, 0.2) is 0 Å². The molecule has 0 bridgehead atoms. The highest BCUT2D eigenvalue weighted by atomic mass is 28.3. The summed E-state index contributed by atoms with van der Waals surface area (Å²) in [7, 11) is -9.99. The van der Waals surface area contributed by atoms with Crippen LogP contribution in [0.15, 0.2) is 109 Å². The summed E-state index contributed by atoms with van der Waals surface area (Å²) in [4.78, 5) is 5.82. The minimum Gasteiger partial charge on any atom is -0.309 e. The van der Waals surface area contributed by atoms with E-state index in [1.807, 2.05) is 0 Å². The Bertz CT molecular complexity index is 3360. The SMILES string of the molecule is CC[SiH2]c1cc(N(c2cc([Si](CC)(CC)CC)cc([Si](CC)(CC)CC)c2)c2c3ccc(C(C)(C)C)cc3c(N(c3cc([SiH](CC)CC)cc([SiH](CC)CC)c3)c3cc(C)cc([Si](CC)(CC)CC)c3)c3ccc(C(C)(C)C)cc23)cc([SiH](CC)CC)c1. The third kappa shape index (κ3) is 14.4. The first kappa shape index (κ1) is 71.6. The van der Waals surface area contributed by atoms with Gasteiger partial charge < -0.3 is 9.80 Å². The zero-order valence-corrected chi connectivity index (χ0v) is 68.4. The molecule has 0 saturated heterocycles. The number of benzene rings is 7. The van der Waals surface area contributed by atoms with E-state index in [0.717, 1.165) is 0 Å². The Morgan fingerprint density at radius 1 is 0.341 bits per heavy atom. The third-order valence-corrected chi connectivity index (χ3v) is 51.0. The molecule has 0 aliphatic rings. The van der Waals surface area contributed by atoms with Gasteiger partial charge in [0.25, 0.3) is 0 Å². The topological polar surface area (TPSA) is 6.48 Å². The van der Waals surface area contributed by atoms with Gasteiger partial charge in [0.05, 0.1) is 71.5 Å². The van der Waals surface area contributed by atoms with Crippen LogP contribution in [0.4, 0.5) is 34.1 Å². The first-order chi connectivity index (χ1) is 41.9. The average molecular weight is 1300 g/mol. The second-order valence-electron chi connectivity index (χ2n) is 29.3. The van der Waals surface area contributed by atoms with Gasteiger partial charge in [0, 0.05) is 44.3 Å². The van der Waals surface area contributed by atoms with Gasteiger partial charge in [-0.15, -0.1) is 0 Å². The van der Waals surface area contributed by atoms with Gasteiger partial charge in [-0.1, -0.05) is 334 Å². The molecule has 0 fully saturated rings. The molecule has 0 radical (unpaired) electrons. The molecule has 0 aromatic heterocycles. The van der Waals surface area contributed by atoms with Crippen LogP contribution >= 0.6 is 0 Å². The lowest BCUT2D eigenvalue weighted by molar-refractivity contribution is 0.590. The lowest BCUT2D eigenvalue weighted by Gasteiger charge is -2.38. The number of aryl methyl sites for hydroxylation is 1. The smallest absolute Gasteiger partial charge is 0.0860 e. The van der Waals surface area contributed by atoms with Crippen molar-refractivity contribution in [2.24, 2.45) is 0 Å². The van der Waals surface area contributed by atoms with Gasteiger partial charge in [0.2, 0.25) is 0 Å². The molecular formula is C79H124N2Si7. The Morgan fingerprint density at radius 3 is 0.989 bits per heavy atom. The molecule has 2 nitrogen and oxygen atoms in total. The molecule has 7 aromatic carbocycles. The summed E-state index contributed by atoms with van der Waals surface area (Å²) in [6, 6.07) is 68.9. The Hall–Kier alpha value is -3.82. The van der Waals surface area contributed by atoms with E-state index in [1.54, 1.807) is 36.3 Å². The summed E-state index contributed by atoms with van der Waals surface area (Å²) in [5.74, 6) is 0. The van der Waals surface area contributed by atoms with E-state index < -0.39 is 60.1 Å².